The highest BCUT2D eigenvalue weighted by atomic mass is 32.1. The maximum Gasteiger partial charge on any atom is 0.309 e. The van der Waals surface area contributed by atoms with Gasteiger partial charge in [0.15, 0.2) is 0 Å². The number of thiazole rings is 1. The second kappa shape index (κ2) is 7.65. The molecule has 122 valence electrons. The molecule has 2 heterocycles. The molecule has 0 saturated carbocycles. The smallest absolute Gasteiger partial charge is 0.309 e. The van der Waals surface area contributed by atoms with Crippen molar-refractivity contribution in [3.05, 3.63) is 59.4 Å². The van der Waals surface area contributed by atoms with E-state index >= 15 is 0 Å². The van der Waals surface area contributed by atoms with Crippen LogP contribution in [-0.2, 0) is 22.6 Å². The molecule has 7 heteroatoms. The summed E-state index contributed by atoms with van der Waals surface area (Å²) in [5.41, 5.74) is 1.76. The number of carbonyl (C=O) groups excluding carboxylic acids is 2. The molecule has 0 fully saturated rings. The molecule has 3 aromatic rings. The van der Waals surface area contributed by atoms with Gasteiger partial charge in [-0.05, 0) is 24.3 Å². The molecule has 0 aliphatic carbocycles. The van der Waals surface area contributed by atoms with Crippen LogP contribution in [0.1, 0.15) is 10.7 Å². The second-order valence-corrected chi connectivity index (χ2v) is 6.20. The van der Waals surface area contributed by atoms with Crippen molar-refractivity contribution in [3.63, 3.8) is 0 Å². The Balaban J connectivity index is 1.45. The van der Waals surface area contributed by atoms with Crippen molar-refractivity contribution in [2.75, 3.05) is 6.54 Å². The van der Waals surface area contributed by atoms with Gasteiger partial charge in [-0.15, -0.1) is 11.3 Å². The van der Waals surface area contributed by atoms with Crippen LogP contribution in [0.3, 0.4) is 0 Å². The first-order valence-electron chi connectivity index (χ1n) is 7.53. The van der Waals surface area contributed by atoms with Crippen LogP contribution in [0.5, 0.6) is 0 Å². The van der Waals surface area contributed by atoms with E-state index < -0.39 is 11.8 Å². The van der Waals surface area contributed by atoms with E-state index in [1.165, 1.54) is 11.3 Å². The SMILES string of the molecule is O=C(NCCc1ccccn1)C(=O)NCc1nc2ccccc2s1. The number of nitrogens with one attached hydrogen (secondary N) is 2. The monoisotopic (exact) mass is 340 g/mol. The van der Waals surface area contributed by atoms with E-state index in [1.807, 2.05) is 42.5 Å². The highest BCUT2D eigenvalue weighted by Gasteiger charge is 2.13. The molecule has 6 nitrogen and oxygen atoms in total. The molecule has 0 aliphatic rings. The molecule has 0 bridgehead atoms. The molecule has 1 aromatic carbocycles. The first kappa shape index (κ1) is 16.1. The third-order valence-electron chi connectivity index (χ3n) is 3.34. The van der Waals surface area contributed by atoms with Crippen LogP contribution >= 0.6 is 11.3 Å². The lowest BCUT2D eigenvalue weighted by molar-refractivity contribution is -0.139. The summed E-state index contributed by atoms with van der Waals surface area (Å²) in [6, 6.07) is 13.3. The number of rotatable bonds is 5. The summed E-state index contributed by atoms with van der Waals surface area (Å²) in [5, 5.41) is 5.94. The van der Waals surface area contributed by atoms with Gasteiger partial charge >= 0.3 is 11.8 Å². The molecule has 0 unspecified atom stereocenters. The van der Waals surface area contributed by atoms with E-state index in [1.54, 1.807) is 6.20 Å². The molecule has 0 aliphatic heterocycles. The number of pyridine rings is 1. The van der Waals surface area contributed by atoms with Crippen molar-refractivity contribution in [3.8, 4) is 0 Å². The van der Waals surface area contributed by atoms with Crippen LogP contribution in [0.15, 0.2) is 48.7 Å². The Labute approximate surface area is 142 Å². The molecule has 0 spiro atoms. The lowest BCUT2D eigenvalue weighted by atomic mass is 10.3. The predicted octanol–water partition coefficient (Wildman–Crippen LogP) is 1.67. The summed E-state index contributed by atoms with van der Waals surface area (Å²) >= 11 is 1.50. The van der Waals surface area contributed by atoms with E-state index in [4.69, 9.17) is 0 Å². The maximum absolute atomic E-state index is 11.8. The van der Waals surface area contributed by atoms with Crippen molar-refractivity contribution in [1.29, 1.82) is 0 Å². The quantitative estimate of drug-likeness (QED) is 0.692. The number of hydrogen-bond acceptors (Lipinski definition) is 5. The van der Waals surface area contributed by atoms with Crippen molar-refractivity contribution in [1.82, 2.24) is 20.6 Å². The van der Waals surface area contributed by atoms with Crippen LogP contribution in [0.25, 0.3) is 10.2 Å². The van der Waals surface area contributed by atoms with Crippen LogP contribution in [0, 0.1) is 0 Å². The topological polar surface area (TPSA) is 84.0 Å². The zero-order valence-corrected chi connectivity index (χ0v) is 13.7. The minimum absolute atomic E-state index is 0.242. The van der Waals surface area contributed by atoms with Gasteiger partial charge in [0.25, 0.3) is 0 Å². The Kier molecular flexibility index (Phi) is 5.12. The molecule has 2 amide bonds. The number of nitrogens with zero attached hydrogens (tertiary/aromatic N) is 2. The molecular formula is C17H16N4O2S. The largest absolute Gasteiger partial charge is 0.347 e. The number of benzene rings is 1. The standard InChI is InChI=1S/C17H16N4O2S/c22-16(19-10-8-12-5-3-4-9-18-12)17(23)20-11-15-21-13-6-1-2-7-14(13)24-15/h1-7,9H,8,10-11H2,(H,19,22)(H,20,23). The minimum atomic E-state index is -0.657. The predicted molar refractivity (Wildman–Crippen MR) is 92.4 cm³/mol. The van der Waals surface area contributed by atoms with E-state index in [0.29, 0.717) is 13.0 Å². The highest BCUT2D eigenvalue weighted by Crippen LogP contribution is 2.21. The van der Waals surface area contributed by atoms with Gasteiger partial charge in [-0.1, -0.05) is 18.2 Å². The normalized spacial score (nSPS) is 10.5. The number of aromatic nitrogens is 2. The van der Waals surface area contributed by atoms with E-state index in [0.717, 1.165) is 20.9 Å². The first-order valence-corrected chi connectivity index (χ1v) is 8.34. The van der Waals surface area contributed by atoms with Crippen molar-refractivity contribution >= 4 is 33.4 Å². The molecule has 0 radical (unpaired) electrons. The average molecular weight is 340 g/mol. The number of fused-ring (bicyclic) bond motifs is 1. The van der Waals surface area contributed by atoms with Crippen LogP contribution in [0.4, 0.5) is 0 Å². The van der Waals surface area contributed by atoms with Crippen LogP contribution in [0.2, 0.25) is 0 Å². The van der Waals surface area contributed by atoms with Crippen LogP contribution < -0.4 is 10.6 Å². The summed E-state index contributed by atoms with van der Waals surface area (Å²) in [6.45, 7) is 0.607. The van der Waals surface area contributed by atoms with Gasteiger partial charge in [-0.25, -0.2) is 4.98 Å². The van der Waals surface area contributed by atoms with E-state index in [-0.39, 0.29) is 6.54 Å². The fourth-order valence-corrected chi connectivity index (χ4v) is 3.07. The summed E-state index contributed by atoms with van der Waals surface area (Å²) in [5.74, 6) is -1.30. The fourth-order valence-electron chi connectivity index (χ4n) is 2.16. The number of hydrogen-bond donors (Lipinski definition) is 2. The van der Waals surface area contributed by atoms with Gasteiger partial charge in [0.2, 0.25) is 0 Å². The Hall–Kier alpha value is -2.80. The lowest BCUT2D eigenvalue weighted by Crippen LogP contribution is -2.40. The zero-order chi connectivity index (χ0) is 16.8. The molecule has 0 atom stereocenters. The van der Waals surface area contributed by atoms with Gasteiger partial charge in [-0.3, -0.25) is 14.6 Å². The molecular weight excluding hydrogens is 324 g/mol. The third-order valence-corrected chi connectivity index (χ3v) is 4.37. The summed E-state index contributed by atoms with van der Waals surface area (Å²) in [6.07, 6.45) is 2.28. The molecule has 2 aromatic heterocycles. The van der Waals surface area contributed by atoms with Gasteiger partial charge < -0.3 is 10.6 Å². The van der Waals surface area contributed by atoms with Crippen molar-refractivity contribution < 1.29 is 9.59 Å². The summed E-state index contributed by atoms with van der Waals surface area (Å²) < 4.78 is 1.06. The van der Waals surface area contributed by atoms with E-state index in [2.05, 4.69) is 20.6 Å². The van der Waals surface area contributed by atoms with E-state index in [9.17, 15) is 9.59 Å². The summed E-state index contributed by atoms with van der Waals surface area (Å²) in [4.78, 5) is 32.1. The number of carbonyl (C=O) groups is 2. The first-order chi connectivity index (χ1) is 11.7. The molecule has 0 saturated heterocycles. The summed E-state index contributed by atoms with van der Waals surface area (Å²) in [7, 11) is 0. The van der Waals surface area contributed by atoms with Gasteiger partial charge in [0.05, 0.1) is 16.8 Å². The Morgan fingerprint density at radius 3 is 2.58 bits per heavy atom. The molecule has 24 heavy (non-hydrogen) atoms. The fraction of sp³-hybridized carbons (Fsp3) is 0.176. The maximum atomic E-state index is 11.8. The lowest BCUT2D eigenvalue weighted by Gasteiger charge is -2.05. The van der Waals surface area contributed by atoms with Crippen LogP contribution in [-0.4, -0.2) is 28.3 Å². The van der Waals surface area contributed by atoms with Crippen molar-refractivity contribution in [2.45, 2.75) is 13.0 Å². The number of para-hydroxylation sites is 1. The molecule has 3 rings (SSSR count). The minimum Gasteiger partial charge on any atom is -0.347 e. The highest BCUT2D eigenvalue weighted by molar-refractivity contribution is 7.18. The second-order valence-electron chi connectivity index (χ2n) is 5.08. The van der Waals surface area contributed by atoms with Crippen molar-refractivity contribution in [2.24, 2.45) is 0 Å². The third kappa shape index (κ3) is 4.14. The Morgan fingerprint density at radius 2 is 1.79 bits per heavy atom. The Bertz CT molecular complexity index is 815. The van der Waals surface area contributed by atoms with Gasteiger partial charge in [0, 0.05) is 24.9 Å². The number of amides is 2. The average Bonchev–Trinajstić information content (AvgIpc) is 3.03. The molecule has 2 N–H and O–H groups in total. The van der Waals surface area contributed by atoms with Gasteiger partial charge in [-0.2, -0.15) is 0 Å². The van der Waals surface area contributed by atoms with Gasteiger partial charge in [0.1, 0.15) is 5.01 Å². The Morgan fingerprint density at radius 1 is 1.00 bits per heavy atom. The zero-order valence-electron chi connectivity index (χ0n) is 12.9.